The van der Waals surface area contributed by atoms with E-state index in [1.807, 2.05) is 13.8 Å². The van der Waals surface area contributed by atoms with Crippen molar-refractivity contribution in [3.8, 4) is 0 Å². The van der Waals surface area contributed by atoms with Crippen molar-refractivity contribution < 1.29 is 77.3 Å². The van der Waals surface area contributed by atoms with Crippen LogP contribution in [0, 0.1) is 20.8 Å². The van der Waals surface area contributed by atoms with Crippen molar-refractivity contribution in [3.63, 3.8) is 0 Å². The molecule has 428 valence electrons. The van der Waals surface area contributed by atoms with Gasteiger partial charge in [-0.05, 0) is 20.8 Å². The topological polar surface area (TPSA) is 356 Å². The van der Waals surface area contributed by atoms with E-state index in [2.05, 4.69) is 27.6 Å². The molecule has 9 rings (SSSR count). The summed E-state index contributed by atoms with van der Waals surface area (Å²) in [7, 11) is 4.85. The van der Waals surface area contributed by atoms with Crippen molar-refractivity contribution in [1.29, 1.82) is 0 Å². The molecule has 0 radical (unpaired) electrons. The van der Waals surface area contributed by atoms with Crippen LogP contribution >= 0.6 is 34.2 Å². The molecule has 3 aromatic heterocycles. The maximum atomic E-state index is 12.1. The predicted molar refractivity (Wildman–Crippen MR) is 272 cm³/mol. The van der Waals surface area contributed by atoms with Gasteiger partial charge in [0, 0.05) is 78.9 Å². The monoisotopic (exact) mass is 1140 g/mol. The maximum absolute atomic E-state index is 12.1. The fraction of sp³-hybridized carbons (Fsp3) is 0.733. The number of hydrogen-bond donors (Lipinski definition) is 8. The van der Waals surface area contributed by atoms with Gasteiger partial charge in [-0.1, -0.05) is 35.4 Å². The van der Waals surface area contributed by atoms with Gasteiger partial charge in [-0.25, -0.2) is 14.4 Å². The molecule has 9 heterocycles. The molecule has 31 heteroatoms. The van der Waals surface area contributed by atoms with E-state index in [9.17, 15) is 44.1 Å². The standard InChI is InChI=1S/C19H28N2O10S2.C14H20N2O7S.C10H14N2O5.C2H6/c1-10-4-21(17(24)20-16(10)23)15-3-13(22)14(31-15)7-28-19-27-6-12(30-19)9-33-32-8-11-5-26-18(25-2)29-11;1-7-3-16(13(19)15-12(7)18)11-2-9(17)10(23-11)5-21-14-20-4-8(6-24)22-14;1-5-3-12(10(16)11-9(5)15)8-2-6(14)7(4-13)17-8;1-2/h4,11-15,18-19,22H,3,5-9H2,1-2H3,(H,20,23,24);3,8-11,14,17,24H,2,4-6H2,1H3,(H,15,18,19);3,6-8,13-14H,2,4H2,1H3,(H,11,15,16);1-2H3/t11?,12?,13?,14-,15-,18?,19?;8?,9?,10-,11-,14?;6?,7-,8-;/m111./s1. The second-order valence-corrected chi connectivity index (χ2v) is 20.6. The highest BCUT2D eigenvalue weighted by molar-refractivity contribution is 8.76. The van der Waals surface area contributed by atoms with Crippen molar-refractivity contribution in [2.24, 2.45) is 0 Å². The van der Waals surface area contributed by atoms with Crippen LogP contribution in [-0.4, -0.2) is 187 Å². The third-order valence-corrected chi connectivity index (χ3v) is 15.0. The van der Waals surface area contributed by atoms with Gasteiger partial charge in [0.1, 0.15) is 37.0 Å². The van der Waals surface area contributed by atoms with Crippen molar-refractivity contribution >= 4 is 34.2 Å². The molecule has 6 aliphatic heterocycles. The highest BCUT2D eigenvalue weighted by Crippen LogP contribution is 2.32. The number of methoxy groups -OCH3 is 1. The summed E-state index contributed by atoms with van der Waals surface area (Å²) < 4.78 is 69.4. The van der Waals surface area contributed by atoms with E-state index in [4.69, 9.17) is 61.9 Å². The van der Waals surface area contributed by atoms with E-state index in [-0.39, 0.29) is 57.4 Å². The highest BCUT2D eigenvalue weighted by Gasteiger charge is 2.40. The molecule has 0 aromatic carbocycles. The van der Waals surface area contributed by atoms with Gasteiger partial charge in [0.05, 0.1) is 76.3 Å². The molecule has 0 bridgehead atoms. The number of rotatable bonds is 17. The average Bonchev–Trinajstić information content (AvgIpc) is 4.29. The second-order valence-electron chi connectivity index (χ2n) is 17.7. The Morgan fingerprint density at radius 1 is 0.566 bits per heavy atom. The first-order valence-electron chi connectivity index (χ1n) is 24.4. The summed E-state index contributed by atoms with van der Waals surface area (Å²) in [6.07, 6.45) is -1.87. The van der Waals surface area contributed by atoms with E-state index in [0.717, 1.165) is 5.75 Å². The van der Waals surface area contributed by atoms with E-state index < -0.39 is 108 Å². The third-order valence-electron chi connectivity index (χ3n) is 12.1. The second kappa shape index (κ2) is 29.6. The molecule has 76 heavy (non-hydrogen) atoms. The molecule has 0 amide bonds. The molecule has 15 atom stereocenters. The summed E-state index contributed by atoms with van der Waals surface area (Å²) >= 11 is 4.12. The molecule has 3 aromatic rings. The smallest absolute Gasteiger partial charge is 0.330 e. The van der Waals surface area contributed by atoms with Gasteiger partial charge in [0.25, 0.3) is 36.1 Å². The number of thiol groups is 1. The Labute approximate surface area is 447 Å². The lowest BCUT2D eigenvalue weighted by atomic mass is 10.2. The lowest BCUT2D eigenvalue weighted by Gasteiger charge is -2.18. The Hall–Kier alpha value is -3.55. The van der Waals surface area contributed by atoms with Gasteiger partial charge in [-0.2, -0.15) is 12.6 Å². The molecule has 0 saturated carbocycles. The molecule has 9 unspecified atom stereocenters. The van der Waals surface area contributed by atoms with Gasteiger partial charge >= 0.3 is 17.1 Å². The number of aliphatic hydroxyl groups excluding tert-OH is 4. The minimum atomic E-state index is -0.845. The molecule has 6 fully saturated rings. The zero-order valence-corrected chi connectivity index (χ0v) is 45.1. The Balaban J connectivity index is 0.000000192. The van der Waals surface area contributed by atoms with Gasteiger partial charge in [-0.3, -0.25) is 43.0 Å². The summed E-state index contributed by atoms with van der Waals surface area (Å²) in [5, 5.41) is 38.9. The van der Waals surface area contributed by atoms with Crippen LogP contribution in [0.5, 0.6) is 0 Å². The number of nitrogens with one attached hydrogen (secondary N) is 3. The largest absolute Gasteiger partial charge is 0.394 e. The summed E-state index contributed by atoms with van der Waals surface area (Å²) in [6.45, 7) is 7.61. The van der Waals surface area contributed by atoms with Gasteiger partial charge in [0.2, 0.25) is 0 Å². The Bertz CT molecular complexity index is 2670. The van der Waals surface area contributed by atoms with E-state index in [0.29, 0.717) is 48.0 Å². The van der Waals surface area contributed by atoms with Crippen molar-refractivity contribution in [3.05, 3.63) is 97.8 Å². The minimum Gasteiger partial charge on any atom is -0.394 e. The lowest BCUT2D eigenvalue weighted by molar-refractivity contribution is -0.249. The number of hydrogen-bond acceptors (Lipinski definition) is 25. The SMILES string of the molecule is CC.COC1OCC(CSSCC2COC(OC[C@H]3O[C@@H](n4cc(C)c(=O)[nH]c4=O)CC3O)O2)O1.Cc1cn([C@H]2CC(O)[C@@H](CO)O2)c(=O)[nH]c1=O.Cc1cn([C@H]2CC(O)[C@@H](COC3OCC(CS)O3)O2)c(=O)[nH]c1=O. The van der Waals surface area contributed by atoms with Crippen molar-refractivity contribution in [2.75, 3.05) is 64.0 Å². The van der Waals surface area contributed by atoms with Crippen molar-refractivity contribution in [1.82, 2.24) is 28.7 Å². The van der Waals surface area contributed by atoms with Crippen molar-refractivity contribution in [2.45, 2.75) is 147 Å². The van der Waals surface area contributed by atoms with Crippen LogP contribution in [0.4, 0.5) is 0 Å². The number of aliphatic hydroxyl groups is 4. The van der Waals surface area contributed by atoms with Crippen LogP contribution in [0.2, 0.25) is 0 Å². The quantitative estimate of drug-likeness (QED) is 0.0437. The summed E-state index contributed by atoms with van der Waals surface area (Å²) in [4.78, 5) is 76.3. The van der Waals surface area contributed by atoms with E-state index in [1.165, 1.54) is 39.4 Å². The van der Waals surface area contributed by atoms with E-state index >= 15 is 0 Å². The first-order valence-corrected chi connectivity index (χ1v) is 27.6. The molecule has 0 spiro atoms. The number of H-pyrrole nitrogens is 3. The number of aromatic amines is 3. The fourth-order valence-electron chi connectivity index (χ4n) is 7.95. The Morgan fingerprint density at radius 2 is 0.908 bits per heavy atom. The molecule has 7 N–H and O–H groups in total. The maximum Gasteiger partial charge on any atom is 0.330 e. The van der Waals surface area contributed by atoms with E-state index in [1.54, 1.807) is 42.4 Å². The minimum absolute atomic E-state index is 0.00171. The van der Waals surface area contributed by atoms with Gasteiger partial charge < -0.3 is 77.3 Å². The molecule has 6 aliphatic rings. The molecule has 0 aliphatic carbocycles. The lowest BCUT2D eigenvalue weighted by Crippen LogP contribution is -2.33. The summed E-state index contributed by atoms with van der Waals surface area (Å²) in [6, 6.07) is 0. The Morgan fingerprint density at radius 3 is 1.25 bits per heavy atom. The van der Waals surface area contributed by atoms with Crippen LogP contribution in [0.1, 0.15) is 68.5 Å². The Kier molecular flexibility index (Phi) is 24.0. The molecular weight excluding hydrogens is 1070 g/mol. The van der Waals surface area contributed by atoms with Crippen LogP contribution in [0.25, 0.3) is 0 Å². The summed E-state index contributed by atoms with van der Waals surface area (Å²) in [5.74, 6) is 2.01. The van der Waals surface area contributed by atoms with Crippen LogP contribution in [0.3, 0.4) is 0 Å². The first kappa shape index (κ1) is 61.7. The van der Waals surface area contributed by atoms with Crippen LogP contribution < -0.4 is 33.7 Å². The first-order chi connectivity index (χ1) is 36.4. The van der Waals surface area contributed by atoms with Gasteiger partial charge in [0.15, 0.2) is 0 Å². The normalized spacial score (nSPS) is 31.9. The number of aryl methyl sites for hydroxylation is 3. The summed E-state index contributed by atoms with van der Waals surface area (Å²) in [5.41, 5.74) is -1.93. The number of aromatic nitrogens is 6. The molecular formula is C45H68N6O22S3. The average molecular weight is 1140 g/mol. The predicted octanol–water partition coefficient (Wildman–Crippen LogP) is -1.41. The highest BCUT2D eigenvalue weighted by atomic mass is 33.1. The number of ether oxygens (including phenoxy) is 12. The third kappa shape index (κ3) is 16.7. The zero-order chi connectivity index (χ0) is 55.2. The molecule has 6 saturated heterocycles. The van der Waals surface area contributed by atoms with Gasteiger partial charge in [-0.15, -0.1) is 0 Å². The number of nitrogens with zero attached hydrogens (tertiary/aromatic N) is 3. The molecule has 28 nitrogen and oxygen atoms in total. The fourth-order valence-corrected chi connectivity index (χ4v) is 10.5. The zero-order valence-electron chi connectivity index (χ0n) is 42.6. The van der Waals surface area contributed by atoms with Crippen LogP contribution in [-0.2, 0) is 56.8 Å². The van der Waals surface area contributed by atoms with Crippen LogP contribution in [0.15, 0.2) is 47.4 Å².